The van der Waals surface area contributed by atoms with E-state index in [0.717, 1.165) is 9.87 Å². The van der Waals surface area contributed by atoms with Gasteiger partial charge >= 0.3 is 5.97 Å². The van der Waals surface area contributed by atoms with Crippen molar-refractivity contribution < 1.29 is 22.7 Å². The summed E-state index contributed by atoms with van der Waals surface area (Å²) in [5.41, 5.74) is 1.67. The maximum Gasteiger partial charge on any atom is 0.337 e. The molecule has 1 N–H and O–H groups in total. The number of aryl methyl sites for hydroxylation is 1. The van der Waals surface area contributed by atoms with E-state index in [4.69, 9.17) is 4.74 Å². The molecule has 1 saturated heterocycles. The minimum absolute atomic E-state index is 0.141. The Balaban J connectivity index is 2.14. The summed E-state index contributed by atoms with van der Waals surface area (Å²) < 4.78 is 31.8. The van der Waals surface area contributed by atoms with Crippen molar-refractivity contribution in [1.29, 1.82) is 0 Å². The zero-order valence-corrected chi connectivity index (χ0v) is 16.3. The number of nitrogens with one attached hydrogen (secondary N) is 1. The van der Waals surface area contributed by atoms with E-state index in [2.05, 4.69) is 5.32 Å². The molecule has 0 bridgehead atoms. The second kappa shape index (κ2) is 8.15. The Hall–Kier alpha value is -1.97. The molecule has 1 aliphatic heterocycles. The first kappa shape index (κ1) is 20.3. The van der Waals surface area contributed by atoms with Gasteiger partial charge in [-0.05, 0) is 37.5 Å². The number of amides is 1. The van der Waals surface area contributed by atoms with Gasteiger partial charge in [0.2, 0.25) is 5.91 Å². The largest absolute Gasteiger partial charge is 0.465 e. The maximum absolute atomic E-state index is 12.7. The molecule has 0 spiro atoms. The highest BCUT2D eigenvalue weighted by molar-refractivity contribution is 7.86. The number of benzene rings is 1. The van der Waals surface area contributed by atoms with Gasteiger partial charge in [-0.25, -0.2) is 4.79 Å². The molecule has 0 aliphatic carbocycles. The second-order valence-electron chi connectivity index (χ2n) is 6.50. The van der Waals surface area contributed by atoms with E-state index in [-0.39, 0.29) is 12.5 Å². The second-order valence-corrected chi connectivity index (χ2v) is 8.64. The van der Waals surface area contributed by atoms with Gasteiger partial charge in [-0.1, -0.05) is 6.07 Å². The molecule has 0 unspecified atom stereocenters. The van der Waals surface area contributed by atoms with Crippen LogP contribution in [0.4, 0.5) is 5.69 Å². The number of carbonyl (C=O) groups excluding carboxylic acids is 2. The number of nitrogens with zero attached hydrogens (tertiary/aromatic N) is 2. The Morgan fingerprint density at radius 1 is 1.31 bits per heavy atom. The first-order chi connectivity index (χ1) is 12.2. The van der Waals surface area contributed by atoms with Gasteiger partial charge in [0, 0.05) is 32.9 Å². The molecule has 1 atom stereocenters. The van der Waals surface area contributed by atoms with E-state index in [9.17, 15) is 18.0 Å². The lowest BCUT2D eigenvalue weighted by molar-refractivity contribution is -0.120. The molecule has 1 heterocycles. The van der Waals surface area contributed by atoms with Crippen LogP contribution in [0.5, 0.6) is 0 Å². The Kier molecular flexibility index (Phi) is 6.38. The van der Waals surface area contributed by atoms with Crippen molar-refractivity contribution in [2.45, 2.75) is 19.8 Å². The number of piperidine rings is 1. The average Bonchev–Trinajstić information content (AvgIpc) is 2.62. The average molecular weight is 383 g/mol. The Morgan fingerprint density at radius 3 is 2.62 bits per heavy atom. The molecule has 1 amide bonds. The number of esters is 1. The minimum atomic E-state index is -3.54. The van der Waals surface area contributed by atoms with Gasteiger partial charge in [0.15, 0.2) is 0 Å². The van der Waals surface area contributed by atoms with Gasteiger partial charge in [0.1, 0.15) is 0 Å². The molecule has 26 heavy (non-hydrogen) atoms. The molecule has 144 valence electrons. The number of anilines is 1. The van der Waals surface area contributed by atoms with Gasteiger partial charge in [-0.3, -0.25) is 4.79 Å². The SMILES string of the molecule is COC(=O)c1ccc(C)c(NC(=O)[C@H]2CCCN(S(=O)(=O)N(C)C)C2)c1. The lowest BCUT2D eigenvalue weighted by Crippen LogP contribution is -2.47. The van der Waals surface area contributed by atoms with E-state index >= 15 is 0 Å². The number of carbonyl (C=O) groups is 2. The standard InChI is InChI=1S/C17H25N3O5S/c1-12-7-8-13(17(22)25-4)10-15(12)18-16(21)14-6-5-9-20(11-14)26(23,24)19(2)3/h7-8,10,14H,5-6,9,11H2,1-4H3,(H,18,21)/t14-/m0/s1. The molecular weight excluding hydrogens is 358 g/mol. The van der Waals surface area contributed by atoms with Gasteiger partial charge in [0.25, 0.3) is 10.2 Å². The third kappa shape index (κ3) is 4.40. The summed E-state index contributed by atoms with van der Waals surface area (Å²) in [6.45, 7) is 2.36. The third-order valence-corrected chi connectivity index (χ3v) is 6.37. The molecule has 8 nitrogen and oxygen atoms in total. The number of methoxy groups -OCH3 is 1. The van der Waals surface area contributed by atoms with Gasteiger partial charge in [0.05, 0.1) is 18.6 Å². The summed E-state index contributed by atoms with van der Waals surface area (Å²) >= 11 is 0. The van der Waals surface area contributed by atoms with Crippen LogP contribution in [0.15, 0.2) is 18.2 Å². The smallest absolute Gasteiger partial charge is 0.337 e. The van der Waals surface area contributed by atoms with Crippen LogP contribution in [0.3, 0.4) is 0 Å². The predicted molar refractivity (Wildman–Crippen MR) is 98.1 cm³/mol. The molecule has 1 aromatic carbocycles. The van der Waals surface area contributed by atoms with Gasteiger partial charge < -0.3 is 10.1 Å². The van der Waals surface area contributed by atoms with Crippen molar-refractivity contribution in [2.75, 3.05) is 39.6 Å². The lowest BCUT2D eigenvalue weighted by atomic mass is 9.98. The van der Waals surface area contributed by atoms with Crippen LogP contribution in [-0.4, -0.2) is 63.2 Å². The first-order valence-electron chi connectivity index (χ1n) is 8.34. The normalized spacial score (nSPS) is 18.6. The van der Waals surface area contributed by atoms with Crippen molar-refractivity contribution in [3.8, 4) is 0 Å². The highest BCUT2D eigenvalue weighted by Crippen LogP contribution is 2.23. The molecule has 0 saturated carbocycles. The van der Waals surface area contributed by atoms with Crippen molar-refractivity contribution in [3.63, 3.8) is 0 Å². The molecule has 0 radical (unpaired) electrons. The van der Waals surface area contributed by atoms with Crippen molar-refractivity contribution in [2.24, 2.45) is 5.92 Å². The highest BCUT2D eigenvalue weighted by atomic mass is 32.2. The van der Waals surface area contributed by atoms with Crippen molar-refractivity contribution >= 4 is 27.8 Å². The Bertz CT molecular complexity index is 792. The molecule has 0 aromatic heterocycles. The lowest BCUT2D eigenvalue weighted by Gasteiger charge is -2.32. The zero-order chi connectivity index (χ0) is 19.5. The van der Waals surface area contributed by atoms with Crippen LogP contribution in [0.25, 0.3) is 0 Å². The summed E-state index contributed by atoms with van der Waals surface area (Å²) in [5, 5.41) is 2.82. The van der Waals surface area contributed by atoms with Crippen LogP contribution in [0, 0.1) is 12.8 Å². The van der Waals surface area contributed by atoms with Crippen LogP contribution in [0.1, 0.15) is 28.8 Å². The highest BCUT2D eigenvalue weighted by Gasteiger charge is 2.33. The number of hydrogen-bond acceptors (Lipinski definition) is 5. The fraction of sp³-hybridized carbons (Fsp3) is 0.529. The zero-order valence-electron chi connectivity index (χ0n) is 15.5. The first-order valence-corrected chi connectivity index (χ1v) is 9.74. The quantitative estimate of drug-likeness (QED) is 0.772. The fourth-order valence-electron chi connectivity index (χ4n) is 2.83. The van der Waals surface area contributed by atoms with Crippen LogP contribution in [0.2, 0.25) is 0 Å². The summed E-state index contributed by atoms with van der Waals surface area (Å²) in [7, 11) is 0.696. The molecule has 1 aromatic rings. The van der Waals surface area contributed by atoms with E-state index in [0.29, 0.717) is 30.6 Å². The topological polar surface area (TPSA) is 96.0 Å². The van der Waals surface area contributed by atoms with Crippen LogP contribution >= 0.6 is 0 Å². The van der Waals surface area contributed by atoms with Crippen molar-refractivity contribution in [1.82, 2.24) is 8.61 Å². The molecule has 2 rings (SSSR count). The number of ether oxygens (including phenoxy) is 1. The van der Waals surface area contributed by atoms with E-state index in [1.54, 1.807) is 18.2 Å². The summed E-state index contributed by atoms with van der Waals surface area (Å²) in [6, 6.07) is 4.92. The fourth-order valence-corrected chi connectivity index (χ4v) is 4.02. The summed E-state index contributed by atoms with van der Waals surface area (Å²) in [4.78, 5) is 24.3. The minimum Gasteiger partial charge on any atom is -0.465 e. The molecular formula is C17H25N3O5S. The molecule has 9 heteroatoms. The summed E-state index contributed by atoms with van der Waals surface area (Å²) in [5.74, 6) is -1.19. The van der Waals surface area contributed by atoms with Crippen LogP contribution < -0.4 is 5.32 Å². The number of hydrogen-bond donors (Lipinski definition) is 1. The maximum atomic E-state index is 12.7. The Morgan fingerprint density at radius 2 is 2.00 bits per heavy atom. The third-order valence-electron chi connectivity index (χ3n) is 4.46. The van der Waals surface area contributed by atoms with E-state index in [1.807, 2.05) is 6.92 Å². The molecule has 1 aliphatic rings. The monoisotopic (exact) mass is 383 g/mol. The number of rotatable bonds is 5. The van der Waals surface area contributed by atoms with E-state index in [1.165, 1.54) is 25.5 Å². The van der Waals surface area contributed by atoms with Crippen molar-refractivity contribution in [3.05, 3.63) is 29.3 Å². The van der Waals surface area contributed by atoms with Gasteiger partial charge in [-0.2, -0.15) is 17.0 Å². The Labute approximate surface area is 154 Å². The molecule has 1 fully saturated rings. The summed E-state index contributed by atoms with van der Waals surface area (Å²) in [6.07, 6.45) is 1.23. The van der Waals surface area contributed by atoms with Gasteiger partial charge in [-0.15, -0.1) is 0 Å². The predicted octanol–water partition coefficient (Wildman–Crippen LogP) is 1.24. The van der Waals surface area contributed by atoms with E-state index < -0.39 is 22.1 Å². The van der Waals surface area contributed by atoms with Crippen LogP contribution in [-0.2, 0) is 19.7 Å².